The molecular formula is C19H28IN5O2S. The van der Waals surface area contributed by atoms with Crippen molar-refractivity contribution < 1.29 is 9.90 Å². The fraction of sp³-hybridized carbons (Fsp3) is 0.421. The van der Waals surface area contributed by atoms with E-state index in [0.717, 1.165) is 36.9 Å². The molecule has 0 unspecified atom stereocenters. The Balaban J connectivity index is 0.00000392. The molecular weight excluding hydrogens is 489 g/mol. The highest BCUT2D eigenvalue weighted by atomic mass is 127. The molecule has 28 heavy (non-hydrogen) atoms. The zero-order valence-corrected chi connectivity index (χ0v) is 19.3. The van der Waals surface area contributed by atoms with E-state index in [1.807, 2.05) is 13.1 Å². The maximum atomic E-state index is 12.0. The molecule has 4 N–H and O–H groups in total. The minimum Gasteiger partial charge on any atom is -0.508 e. The number of carbonyl (C=O) groups is 1. The molecule has 1 aromatic carbocycles. The van der Waals surface area contributed by atoms with Gasteiger partial charge in [-0.3, -0.25) is 9.79 Å². The number of halogens is 1. The van der Waals surface area contributed by atoms with Crippen molar-refractivity contribution >= 4 is 47.2 Å². The number of nitrogens with one attached hydrogen (secondary N) is 3. The third-order valence-corrected chi connectivity index (χ3v) is 4.62. The van der Waals surface area contributed by atoms with Crippen LogP contribution >= 0.6 is 35.3 Å². The highest BCUT2D eigenvalue weighted by molar-refractivity contribution is 14.0. The molecule has 0 atom stereocenters. The van der Waals surface area contributed by atoms with E-state index in [2.05, 4.69) is 32.9 Å². The van der Waals surface area contributed by atoms with E-state index >= 15 is 0 Å². The number of benzene rings is 1. The second kappa shape index (κ2) is 13.3. The lowest BCUT2D eigenvalue weighted by molar-refractivity contribution is 0.0953. The number of aryl methyl sites for hydroxylation is 1. The van der Waals surface area contributed by atoms with Gasteiger partial charge < -0.3 is 21.1 Å². The van der Waals surface area contributed by atoms with E-state index in [4.69, 9.17) is 0 Å². The Morgan fingerprint density at radius 1 is 1.25 bits per heavy atom. The maximum absolute atomic E-state index is 12.0. The molecule has 1 heterocycles. The first-order chi connectivity index (χ1) is 13.1. The van der Waals surface area contributed by atoms with Crippen LogP contribution in [0.25, 0.3) is 0 Å². The molecule has 9 heteroatoms. The molecule has 154 valence electrons. The fourth-order valence-corrected chi connectivity index (χ4v) is 3.15. The van der Waals surface area contributed by atoms with Gasteiger partial charge in [-0.2, -0.15) is 0 Å². The SMILES string of the molecule is CCNC(=NCCCNC(=O)c1cccc(O)c1)NCCc1ncc(C)s1.I. The van der Waals surface area contributed by atoms with Crippen molar-refractivity contribution in [3.8, 4) is 5.75 Å². The molecule has 7 nitrogen and oxygen atoms in total. The van der Waals surface area contributed by atoms with Crippen molar-refractivity contribution in [3.05, 3.63) is 45.9 Å². The second-order valence-corrected chi connectivity index (χ2v) is 7.28. The summed E-state index contributed by atoms with van der Waals surface area (Å²) < 4.78 is 0. The van der Waals surface area contributed by atoms with E-state index in [0.29, 0.717) is 18.7 Å². The Hall–Kier alpha value is -1.88. The Morgan fingerprint density at radius 2 is 2.07 bits per heavy atom. The van der Waals surface area contributed by atoms with Gasteiger partial charge in [-0.1, -0.05) is 6.07 Å². The second-order valence-electron chi connectivity index (χ2n) is 5.96. The summed E-state index contributed by atoms with van der Waals surface area (Å²) in [7, 11) is 0. The van der Waals surface area contributed by atoms with Crippen LogP contribution in [0.1, 0.15) is 33.6 Å². The fourth-order valence-electron chi connectivity index (χ4n) is 2.37. The number of amides is 1. The topological polar surface area (TPSA) is 98.6 Å². The van der Waals surface area contributed by atoms with Crippen molar-refractivity contribution in [2.45, 2.75) is 26.7 Å². The molecule has 0 radical (unpaired) electrons. The van der Waals surface area contributed by atoms with Crippen LogP contribution in [-0.2, 0) is 6.42 Å². The molecule has 0 spiro atoms. The van der Waals surface area contributed by atoms with Gasteiger partial charge in [-0.05, 0) is 38.5 Å². The van der Waals surface area contributed by atoms with Gasteiger partial charge in [0.1, 0.15) is 5.75 Å². The van der Waals surface area contributed by atoms with E-state index in [1.165, 1.54) is 17.0 Å². The third kappa shape index (κ3) is 8.87. The van der Waals surface area contributed by atoms with Crippen molar-refractivity contribution in [2.24, 2.45) is 4.99 Å². The number of aliphatic imine (C=N–C) groups is 1. The van der Waals surface area contributed by atoms with E-state index < -0.39 is 0 Å². The van der Waals surface area contributed by atoms with Gasteiger partial charge in [-0.15, -0.1) is 35.3 Å². The van der Waals surface area contributed by atoms with E-state index in [-0.39, 0.29) is 35.6 Å². The zero-order valence-electron chi connectivity index (χ0n) is 16.2. The predicted octanol–water partition coefficient (Wildman–Crippen LogP) is 2.69. The first kappa shape index (κ1) is 24.2. The molecule has 2 rings (SSSR count). The number of aromatic hydroxyl groups is 1. The first-order valence-corrected chi connectivity index (χ1v) is 9.91. The molecule has 0 aliphatic heterocycles. The lowest BCUT2D eigenvalue weighted by Gasteiger charge is -2.10. The molecule has 0 fully saturated rings. The zero-order chi connectivity index (χ0) is 19.5. The third-order valence-electron chi connectivity index (χ3n) is 3.64. The highest BCUT2D eigenvalue weighted by Crippen LogP contribution is 2.11. The van der Waals surface area contributed by atoms with Crippen LogP contribution in [0.4, 0.5) is 0 Å². The van der Waals surface area contributed by atoms with Crippen molar-refractivity contribution in [1.82, 2.24) is 20.9 Å². The number of hydrogen-bond donors (Lipinski definition) is 4. The molecule has 1 amide bonds. The number of phenols is 1. The number of aromatic nitrogens is 1. The van der Waals surface area contributed by atoms with Crippen LogP contribution in [-0.4, -0.2) is 48.1 Å². The molecule has 1 aromatic heterocycles. The smallest absolute Gasteiger partial charge is 0.251 e. The number of guanidine groups is 1. The summed E-state index contributed by atoms with van der Waals surface area (Å²) in [6.07, 6.45) is 3.49. The monoisotopic (exact) mass is 517 g/mol. The minimum atomic E-state index is -0.196. The molecule has 2 aromatic rings. The standard InChI is InChI=1S/C19H27N5O2S.HI/c1-3-20-19(23-11-8-17-24-13-14(2)27-17)22-10-5-9-21-18(26)15-6-4-7-16(25)12-15;/h4,6-7,12-13,25H,3,5,8-11H2,1-2H3,(H,21,26)(H2,20,22,23);1H. The first-order valence-electron chi connectivity index (χ1n) is 9.09. The Bertz CT molecular complexity index is 766. The van der Waals surface area contributed by atoms with Crippen molar-refractivity contribution in [1.29, 1.82) is 0 Å². The number of rotatable bonds is 9. The number of carbonyl (C=O) groups excluding carboxylic acids is 1. The quantitative estimate of drug-likeness (QED) is 0.178. The summed E-state index contributed by atoms with van der Waals surface area (Å²) in [4.78, 5) is 22.1. The highest BCUT2D eigenvalue weighted by Gasteiger charge is 2.05. The number of thiazole rings is 1. The summed E-state index contributed by atoms with van der Waals surface area (Å²) in [6.45, 7) is 6.77. The maximum Gasteiger partial charge on any atom is 0.251 e. The average molecular weight is 517 g/mol. The molecule has 0 saturated heterocycles. The van der Waals surface area contributed by atoms with Gasteiger partial charge in [0.2, 0.25) is 0 Å². The number of hydrogen-bond acceptors (Lipinski definition) is 5. The van der Waals surface area contributed by atoms with Gasteiger partial charge in [0.15, 0.2) is 5.96 Å². The van der Waals surface area contributed by atoms with Crippen LogP contribution in [0.15, 0.2) is 35.5 Å². The molecule has 0 bridgehead atoms. The van der Waals surface area contributed by atoms with Gasteiger partial charge in [-0.25, -0.2) is 4.98 Å². The average Bonchev–Trinajstić information content (AvgIpc) is 3.06. The van der Waals surface area contributed by atoms with Gasteiger partial charge in [0, 0.05) is 49.2 Å². The molecule has 0 saturated carbocycles. The summed E-state index contributed by atoms with van der Waals surface area (Å²) in [6, 6.07) is 6.31. The van der Waals surface area contributed by atoms with Crippen LogP contribution < -0.4 is 16.0 Å². The number of nitrogens with zero attached hydrogens (tertiary/aromatic N) is 2. The Morgan fingerprint density at radius 3 is 2.75 bits per heavy atom. The minimum absolute atomic E-state index is 0. The van der Waals surface area contributed by atoms with Crippen molar-refractivity contribution in [3.63, 3.8) is 0 Å². The predicted molar refractivity (Wildman–Crippen MR) is 125 cm³/mol. The molecule has 0 aliphatic rings. The Kier molecular flexibility index (Phi) is 11.5. The summed E-state index contributed by atoms with van der Waals surface area (Å²) in [5.74, 6) is 0.658. The number of phenolic OH excluding ortho intramolecular Hbond substituents is 1. The Labute approximate surface area is 187 Å². The van der Waals surface area contributed by atoms with E-state index in [1.54, 1.807) is 23.5 Å². The van der Waals surface area contributed by atoms with Crippen molar-refractivity contribution in [2.75, 3.05) is 26.2 Å². The normalized spacial score (nSPS) is 10.9. The summed E-state index contributed by atoms with van der Waals surface area (Å²) in [5, 5.41) is 19.9. The lowest BCUT2D eigenvalue weighted by atomic mass is 10.2. The largest absolute Gasteiger partial charge is 0.508 e. The van der Waals surface area contributed by atoms with Gasteiger partial charge in [0.25, 0.3) is 5.91 Å². The molecule has 0 aliphatic carbocycles. The lowest BCUT2D eigenvalue weighted by Crippen LogP contribution is -2.38. The summed E-state index contributed by atoms with van der Waals surface area (Å²) in [5.41, 5.74) is 0.450. The van der Waals surface area contributed by atoms with Gasteiger partial charge >= 0.3 is 0 Å². The van der Waals surface area contributed by atoms with Crippen LogP contribution in [0.2, 0.25) is 0 Å². The van der Waals surface area contributed by atoms with E-state index in [9.17, 15) is 9.90 Å². The van der Waals surface area contributed by atoms with Gasteiger partial charge in [0.05, 0.1) is 5.01 Å². The van der Waals surface area contributed by atoms with Crippen LogP contribution in [0, 0.1) is 6.92 Å². The summed E-state index contributed by atoms with van der Waals surface area (Å²) >= 11 is 1.71. The van der Waals surface area contributed by atoms with Crippen LogP contribution in [0.3, 0.4) is 0 Å². The van der Waals surface area contributed by atoms with Crippen LogP contribution in [0.5, 0.6) is 5.75 Å².